The van der Waals surface area contributed by atoms with Gasteiger partial charge in [0.05, 0.1) is 5.71 Å². The first kappa shape index (κ1) is 16.0. The van der Waals surface area contributed by atoms with E-state index in [0.717, 1.165) is 17.3 Å². The van der Waals surface area contributed by atoms with Crippen molar-refractivity contribution in [3.05, 3.63) is 41.5 Å². The van der Waals surface area contributed by atoms with Gasteiger partial charge in [-0.25, -0.2) is 4.99 Å². The summed E-state index contributed by atoms with van der Waals surface area (Å²) in [5.74, 6) is -0.175. The summed E-state index contributed by atoms with van der Waals surface area (Å²) in [5, 5.41) is 31.9. The van der Waals surface area contributed by atoms with Gasteiger partial charge in [-0.3, -0.25) is 10.4 Å². The smallest absolute Gasteiger partial charge is 0.234 e. The summed E-state index contributed by atoms with van der Waals surface area (Å²) in [6, 6.07) is 9.00. The molecular weight excluding hydrogens is 312 g/mol. The van der Waals surface area contributed by atoms with Gasteiger partial charge in [-0.1, -0.05) is 6.07 Å². The van der Waals surface area contributed by atoms with Crippen LogP contribution in [0.15, 0.2) is 46.0 Å². The highest BCUT2D eigenvalue weighted by molar-refractivity contribution is 8.15. The first-order chi connectivity index (χ1) is 11.1. The first-order valence-corrected chi connectivity index (χ1v) is 7.09. The van der Waals surface area contributed by atoms with Gasteiger partial charge in [-0.05, 0) is 24.8 Å². The number of hydrogen-bond donors (Lipinski definition) is 2. The second-order valence-corrected chi connectivity index (χ2v) is 5.55. The van der Waals surface area contributed by atoms with E-state index >= 15 is 0 Å². The zero-order chi connectivity index (χ0) is 16.9. The van der Waals surface area contributed by atoms with Gasteiger partial charge >= 0.3 is 0 Å². The van der Waals surface area contributed by atoms with Crippen molar-refractivity contribution in [2.45, 2.75) is 11.7 Å². The van der Waals surface area contributed by atoms with E-state index in [0.29, 0.717) is 5.71 Å². The van der Waals surface area contributed by atoms with Gasteiger partial charge in [0.1, 0.15) is 29.6 Å². The molecule has 9 heteroatoms. The Morgan fingerprint density at radius 2 is 2.13 bits per heavy atom. The molecule has 0 aromatic carbocycles. The van der Waals surface area contributed by atoms with E-state index < -0.39 is 4.75 Å². The molecule has 0 radical (unpaired) electrons. The van der Waals surface area contributed by atoms with Crippen molar-refractivity contribution >= 4 is 22.6 Å². The topological polar surface area (TPSA) is 147 Å². The molecule has 1 aliphatic heterocycles. The minimum atomic E-state index is -1.74. The van der Waals surface area contributed by atoms with E-state index in [9.17, 15) is 10.5 Å². The third-order valence-corrected chi connectivity index (χ3v) is 3.97. The van der Waals surface area contributed by atoms with Crippen LogP contribution in [0.4, 0.5) is 0 Å². The van der Waals surface area contributed by atoms with E-state index in [4.69, 9.17) is 11.0 Å². The molecule has 2 heterocycles. The molecule has 23 heavy (non-hydrogen) atoms. The van der Waals surface area contributed by atoms with Crippen molar-refractivity contribution in [1.82, 2.24) is 10.4 Å². The van der Waals surface area contributed by atoms with Crippen molar-refractivity contribution in [3.8, 4) is 18.2 Å². The van der Waals surface area contributed by atoms with Crippen LogP contribution in [0.1, 0.15) is 12.5 Å². The number of nitriles is 3. The summed E-state index contributed by atoms with van der Waals surface area (Å²) in [7, 11) is 0. The molecule has 0 saturated carbocycles. The van der Waals surface area contributed by atoms with Crippen molar-refractivity contribution in [2.75, 3.05) is 0 Å². The number of aromatic nitrogens is 1. The van der Waals surface area contributed by atoms with Crippen LogP contribution in [0.25, 0.3) is 0 Å². The van der Waals surface area contributed by atoms with Crippen LogP contribution >= 0.6 is 11.8 Å². The van der Waals surface area contributed by atoms with Crippen LogP contribution in [0.2, 0.25) is 0 Å². The van der Waals surface area contributed by atoms with Gasteiger partial charge in [-0.2, -0.15) is 20.9 Å². The average molecular weight is 322 g/mol. The van der Waals surface area contributed by atoms with E-state index in [2.05, 4.69) is 20.5 Å². The standard InChI is InChI=1S/C14H10N8S/c1-9(10-3-2-4-19-6-10)21-22-13-20-12(18)11(5-15)14(7-16,8-17)23-13/h2-4,6H,18H2,1H3,(H,20,22)/b21-9+. The molecular formula is C14H10N8S. The fourth-order valence-electron chi connectivity index (χ4n) is 1.70. The number of nitrogens with one attached hydrogen (secondary N) is 1. The lowest BCUT2D eigenvalue weighted by molar-refractivity contribution is 0.986. The minimum Gasteiger partial charge on any atom is -0.383 e. The maximum atomic E-state index is 9.27. The van der Waals surface area contributed by atoms with Gasteiger partial charge in [0.2, 0.25) is 4.75 Å². The predicted molar refractivity (Wildman–Crippen MR) is 85.4 cm³/mol. The fraction of sp³-hybridized carbons (Fsp3) is 0.143. The molecule has 8 nitrogen and oxygen atoms in total. The zero-order valence-electron chi connectivity index (χ0n) is 12.0. The van der Waals surface area contributed by atoms with Crippen molar-refractivity contribution < 1.29 is 0 Å². The van der Waals surface area contributed by atoms with Gasteiger partial charge in [-0.15, -0.1) is 0 Å². The van der Waals surface area contributed by atoms with Crippen molar-refractivity contribution in [2.24, 2.45) is 15.8 Å². The van der Waals surface area contributed by atoms with E-state index in [1.165, 1.54) is 0 Å². The second-order valence-electron chi connectivity index (χ2n) is 4.35. The average Bonchev–Trinajstić information content (AvgIpc) is 2.59. The highest BCUT2D eigenvalue weighted by atomic mass is 32.2. The molecule has 0 atom stereocenters. The van der Waals surface area contributed by atoms with Crippen LogP contribution in [0.3, 0.4) is 0 Å². The Bertz CT molecular complexity index is 818. The normalized spacial score (nSPS) is 16.6. The lowest BCUT2D eigenvalue weighted by Crippen LogP contribution is -2.34. The highest BCUT2D eigenvalue weighted by Crippen LogP contribution is 2.37. The number of amidine groups is 1. The second kappa shape index (κ2) is 6.61. The lowest BCUT2D eigenvalue weighted by atomic mass is 10.0. The maximum absolute atomic E-state index is 9.27. The zero-order valence-corrected chi connectivity index (χ0v) is 12.8. The van der Waals surface area contributed by atoms with Crippen LogP contribution < -0.4 is 11.2 Å². The summed E-state index contributed by atoms with van der Waals surface area (Å²) in [6.07, 6.45) is 3.29. The molecule has 2 rings (SSSR count). The Kier molecular flexibility index (Phi) is 4.61. The Labute approximate surface area is 136 Å². The molecule has 0 bridgehead atoms. The van der Waals surface area contributed by atoms with E-state index in [-0.39, 0.29) is 16.6 Å². The van der Waals surface area contributed by atoms with Crippen LogP contribution in [-0.2, 0) is 0 Å². The molecule has 1 aromatic rings. The Morgan fingerprint density at radius 1 is 1.39 bits per heavy atom. The molecule has 0 spiro atoms. The summed E-state index contributed by atoms with van der Waals surface area (Å²) in [4.78, 5) is 7.96. The highest BCUT2D eigenvalue weighted by Gasteiger charge is 2.43. The Morgan fingerprint density at radius 3 is 2.70 bits per heavy atom. The molecule has 0 amide bonds. The first-order valence-electron chi connectivity index (χ1n) is 6.27. The number of rotatable bonds is 2. The van der Waals surface area contributed by atoms with Gasteiger partial charge < -0.3 is 5.73 Å². The Balaban J connectivity index is 2.30. The largest absolute Gasteiger partial charge is 0.383 e. The molecule has 0 saturated heterocycles. The van der Waals surface area contributed by atoms with Crippen molar-refractivity contribution in [1.29, 1.82) is 15.8 Å². The molecule has 112 valence electrons. The monoisotopic (exact) mass is 322 g/mol. The molecule has 0 unspecified atom stereocenters. The summed E-state index contributed by atoms with van der Waals surface area (Å²) in [5.41, 5.74) is 9.60. The maximum Gasteiger partial charge on any atom is 0.234 e. The van der Waals surface area contributed by atoms with Crippen LogP contribution in [0.5, 0.6) is 0 Å². The van der Waals surface area contributed by atoms with Crippen LogP contribution in [-0.4, -0.2) is 20.6 Å². The van der Waals surface area contributed by atoms with Gasteiger partial charge in [0, 0.05) is 18.0 Å². The minimum absolute atomic E-state index is 0.160. The predicted octanol–water partition coefficient (Wildman–Crippen LogP) is 0.978. The molecule has 1 aliphatic rings. The summed E-state index contributed by atoms with van der Waals surface area (Å²) in [6.45, 7) is 1.76. The number of hydrogen-bond acceptors (Lipinski definition) is 9. The lowest BCUT2D eigenvalue weighted by Gasteiger charge is -2.22. The summed E-state index contributed by atoms with van der Waals surface area (Å²) < 4.78 is -1.74. The summed E-state index contributed by atoms with van der Waals surface area (Å²) >= 11 is 0.786. The third-order valence-electron chi connectivity index (χ3n) is 2.91. The number of nitrogens with two attached hydrogens (primary N) is 1. The number of thioether (sulfide) groups is 1. The molecule has 0 aliphatic carbocycles. The quantitative estimate of drug-likeness (QED) is 0.609. The van der Waals surface area contributed by atoms with Gasteiger partial charge in [0.25, 0.3) is 0 Å². The van der Waals surface area contributed by atoms with Crippen LogP contribution in [0, 0.1) is 34.0 Å². The number of pyridine rings is 1. The Hall–Kier alpha value is -3.35. The SMILES string of the molecule is C/C(=N\NC1=NC(N)=C(C#N)C(C#N)(C#N)S1)c1cccnc1. The number of nitrogens with zero attached hydrogens (tertiary/aromatic N) is 6. The van der Waals surface area contributed by atoms with E-state index in [1.54, 1.807) is 31.5 Å². The molecule has 1 aromatic heterocycles. The van der Waals surface area contributed by atoms with Crippen molar-refractivity contribution in [3.63, 3.8) is 0 Å². The fourth-order valence-corrected chi connectivity index (χ4v) is 2.57. The third kappa shape index (κ3) is 3.13. The van der Waals surface area contributed by atoms with Gasteiger partial charge in [0.15, 0.2) is 5.17 Å². The van der Waals surface area contributed by atoms with E-state index in [1.807, 2.05) is 18.2 Å². The molecule has 3 N–H and O–H groups in total. The molecule has 0 fully saturated rings. The number of hydrazone groups is 1. The number of aliphatic imine (C=N–C) groups is 1.